The van der Waals surface area contributed by atoms with Crippen LogP contribution in [0.25, 0.3) is 0 Å². The third-order valence-electron chi connectivity index (χ3n) is 5.16. The summed E-state index contributed by atoms with van der Waals surface area (Å²) < 4.78 is 0. The van der Waals surface area contributed by atoms with Crippen LogP contribution in [0.1, 0.15) is 35.6 Å². The Kier molecular flexibility index (Phi) is 5.82. The van der Waals surface area contributed by atoms with Gasteiger partial charge in [0.15, 0.2) is 0 Å². The molecule has 1 saturated heterocycles. The smallest absolute Gasteiger partial charge is 0.306 e. The van der Waals surface area contributed by atoms with E-state index < -0.39 is 5.97 Å². The molecule has 1 aliphatic heterocycles. The average Bonchev–Trinajstić information content (AvgIpc) is 2.64. The van der Waals surface area contributed by atoms with Gasteiger partial charge in [-0.05, 0) is 67.9 Å². The molecule has 0 radical (unpaired) electrons. The molecule has 132 valence electrons. The zero-order valence-electron chi connectivity index (χ0n) is 14.8. The zero-order chi connectivity index (χ0) is 17.8. The van der Waals surface area contributed by atoms with Crippen molar-refractivity contribution in [3.63, 3.8) is 0 Å². The van der Waals surface area contributed by atoms with Crippen molar-refractivity contribution in [2.45, 2.75) is 30.7 Å². The Hall–Kier alpha value is -1.78. The Bertz CT molecular complexity index is 721. The minimum atomic E-state index is -0.656. The van der Waals surface area contributed by atoms with E-state index in [0.717, 1.165) is 25.9 Å². The second-order valence-corrected chi connectivity index (χ2v) is 7.56. The van der Waals surface area contributed by atoms with Crippen LogP contribution in [0.2, 0.25) is 0 Å². The van der Waals surface area contributed by atoms with Crippen molar-refractivity contribution < 1.29 is 9.90 Å². The number of carbonyl (C=O) groups is 1. The van der Waals surface area contributed by atoms with Crippen molar-refractivity contribution in [1.29, 1.82) is 0 Å². The maximum atomic E-state index is 11.3. The van der Waals surface area contributed by atoms with Crippen LogP contribution in [0.15, 0.2) is 53.4 Å². The lowest BCUT2D eigenvalue weighted by Crippen LogP contribution is -2.39. The first-order chi connectivity index (χ1) is 12.1. The van der Waals surface area contributed by atoms with Crippen LogP contribution in [0.3, 0.4) is 0 Å². The molecule has 1 heterocycles. The van der Waals surface area contributed by atoms with Gasteiger partial charge >= 0.3 is 5.97 Å². The first-order valence-corrected chi connectivity index (χ1v) is 9.99. The van der Waals surface area contributed by atoms with Crippen LogP contribution < -0.4 is 0 Å². The standard InChI is InChI=1S/C21H25NO2S/c1-15-5-3-4-6-19(15)20(16-7-9-18(25-2)10-8-16)22-13-11-17(12-14-22)21(23)24/h3-10,17,20H,11-14H2,1-2H3,(H,23,24). The molecule has 1 aliphatic rings. The van der Waals surface area contributed by atoms with Crippen molar-refractivity contribution in [2.24, 2.45) is 5.92 Å². The number of benzene rings is 2. The molecule has 2 aromatic rings. The van der Waals surface area contributed by atoms with Crippen LogP contribution >= 0.6 is 11.8 Å². The summed E-state index contributed by atoms with van der Waals surface area (Å²) in [5.74, 6) is -0.857. The molecule has 1 unspecified atom stereocenters. The van der Waals surface area contributed by atoms with Gasteiger partial charge in [-0.15, -0.1) is 11.8 Å². The van der Waals surface area contributed by atoms with Crippen molar-refractivity contribution in [2.75, 3.05) is 19.3 Å². The molecule has 25 heavy (non-hydrogen) atoms. The summed E-state index contributed by atoms with van der Waals surface area (Å²) in [6.07, 6.45) is 3.53. The number of hydrogen-bond acceptors (Lipinski definition) is 3. The number of hydrogen-bond donors (Lipinski definition) is 1. The lowest BCUT2D eigenvalue weighted by atomic mass is 9.89. The first kappa shape index (κ1) is 18.0. The second-order valence-electron chi connectivity index (χ2n) is 6.68. The van der Waals surface area contributed by atoms with Crippen LogP contribution in [0, 0.1) is 12.8 Å². The Morgan fingerprint density at radius 2 is 1.76 bits per heavy atom. The van der Waals surface area contributed by atoms with Gasteiger partial charge in [-0.25, -0.2) is 0 Å². The molecule has 0 spiro atoms. The minimum absolute atomic E-state index is 0.187. The van der Waals surface area contributed by atoms with Gasteiger partial charge < -0.3 is 5.11 Å². The topological polar surface area (TPSA) is 40.5 Å². The lowest BCUT2D eigenvalue weighted by Gasteiger charge is -2.37. The summed E-state index contributed by atoms with van der Waals surface area (Å²) in [5, 5.41) is 9.28. The first-order valence-electron chi connectivity index (χ1n) is 8.76. The fourth-order valence-electron chi connectivity index (χ4n) is 3.67. The van der Waals surface area contributed by atoms with E-state index in [-0.39, 0.29) is 12.0 Å². The van der Waals surface area contributed by atoms with Crippen molar-refractivity contribution in [3.8, 4) is 0 Å². The van der Waals surface area contributed by atoms with Gasteiger partial charge in [-0.3, -0.25) is 9.69 Å². The average molecular weight is 356 g/mol. The molecule has 0 amide bonds. The van der Waals surface area contributed by atoms with E-state index in [2.05, 4.69) is 66.6 Å². The molecular weight excluding hydrogens is 330 g/mol. The van der Waals surface area contributed by atoms with E-state index in [9.17, 15) is 9.90 Å². The van der Waals surface area contributed by atoms with Gasteiger partial charge in [0.05, 0.1) is 12.0 Å². The van der Waals surface area contributed by atoms with Crippen LogP contribution in [0.4, 0.5) is 0 Å². The molecule has 3 rings (SSSR count). The molecule has 3 nitrogen and oxygen atoms in total. The third kappa shape index (κ3) is 4.07. The second kappa shape index (κ2) is 8.07. The van der Waals surface area contributed by atoms with E-state index in [1.807, 2.05) is 0 Å². The predicted molar refractivity (Wildman–Crippen MR) is 103 cm³/mol. The number of likely N-dealkylation sites (tertiary alicyclic amines) is 1. The normalized spacial score (nSPS) is 17.4. The van der Waals surface area contributed by atoms with Crippen LogP contribution in [0.5, 0.6) is 0 Å². The zero-order valence-corrected chi connectivity index (χ0v) is 15.6. The summed E-state index contributed by atoms with van der Waals surface area (Å²) in [7, 11) is 0. The van der Waals surface area contributed by atoms with Gasteiger partial charge in [-0.1, -0.05) is 36.4 Å². The van der Waals surface area contributed by atoms with Crippen molar-refractivity contribution >= 4 is 17.7 Å². The molecular formula is C21H25NO2S. The number of carboxylic acids is 1. The highest BCUT2D eigenvalue weighted by molar-refractivity contribution is 7.98. The fraction of sp³-hybridized carbons (Fsp3) is 0.381. The van der Waals surface area contributed by atoms with E-state index >= 15 is 0 Å². The number of piperidine rings is 1. The van der Waals surface area contributed by atoms with Gasteiger partial charge in [-0.2, -0.15) is 0 Å². The van der Waals surface area contributed by atoms with Gasteiger partial charge in [0.2, 0.25) is 0 Å². The van der Waals surface area contributed by atoms with Gasteiger partial charge in [0, 0.05) is 4.90 Å². The molecule has 4 heteroatoms. The maximum Gasteiger partial charge on any atom is 0.306 e. The Morgan fingerprint density at radius 1 is 1.12 bits per heavy atom. The number of thioether (sulfide) groups is 1. The molecule has 0 aromatic heterocycles. The molecule has 0 aliphatic carbocycles. The Morgan fingerprint density at radius 3 is 2.32 bits per heavy atom. The van der Waals surface area contributed by atoms with Crippen molar-refractivity contribution in [3.05, 3.63) is 65.2 Å². The number of carboxylic acid groups (broad SMARTS) is 1. The molecule has 1 N–H and O–H groups in total. The fourth-order valence-corrected chi connectivity index (χ4v) is 4.08. The number of aryl methyl sites for hydroxylation is 1. The minimum Gasteiger partial charge on any atom is -0.481 e. The van der Waals surface area contributed by atoms with Crippen LogP contribution in [-0.4, -0.2) is 35.3 Å². The highest BCUT2D eigenvalue weighted by Gasteiger charge is 2.30. The molecule has 0 bridgehead atoms. The van der Waals surface area contributed by atoms with E-state index in [4.69, 9.17) is 0 Å². The number of aliphatic carboxylic acids is 1. The number of nitrogens with zero attached hydrogens (tertiary/aromatic N) is 1. The maximum absolute atomic E-state index is 11.3. The Balaban J connectivity index is 1.92. The van der Waals surface area contributed by atoms with Crippen LogP contribution in [-0.2, 0) is 4.79 Å². The summed E-state index contributed by atoms with van der Waals surface area (Å²) in [5.41, 5.74) is 3.87. The highest BCUT2D eigenvalue weighted by Crippen LogP contribution is 2.34. The largest absolute Gasteiger partial charge is 0.481 e. The summed E-state index contributed by atoms with van der Waals surface area (Å²) in [6.45, 7) is 3.79. The summed E-state index contributed by atoms with van der Waals surface area (Å²) in [4.78, 5) is 15.0. The quantitative estimate of drug-likeness (QED) is 0.796. The molecule has 1 fully saturated rings. The Labute approximate surface area is 154 Å². The van der Waals surface area contributed by atoms with Crippen molar-refractivity contribution in [1.82, 2.24) is 4.90 Å². The lowest BCUT2D eigenvalue weighted by molar-refractivity contribution is -0.143. The van der Waals surface area contributed by atoms with E-state index in [1.54, 1.807) is 11.8 Å². The van der Waals surface area contributed by atoms with E-state index in [1.165, 1.54) is 21.6 Å². The van der Waals surface area contributed by atoms with E-state index in [0.29, 0.717) is 0 Å². The molecule has 1 atom stereocenters. The summed E-state index contributed by atoms with van der Waals surface area (Å²) in [6, 6.07) is 17.5. The number of rotatable bonds is 5. The molecule has 2 aromatic carbocycles. The van der Waals surface area contributed by atoms with Gasteiger partial charge in [0.1, 0.15) is 0 Å². The third-order valence-corrected chi connectivity index (χ3v) is 5.90. The predicted octanol–water partition coefficient (Wildman–Crippen LogP) is 4.60. The monoisotopic (exact) mass is 355 g/mol. The summed E-state index contributed by atoms with van der Waals surface area (Å²) >= 11 is 1.75. The highest BCUT2D eigenvalue weighted by atomic mass is 32.2. The molecule has 0 saturated carbocycles. The SMILES string of the molecule is CSc1ccc(C(c2ccccc2C)N2CCC(C(=O)O)CC2)cc1. The van der Waals surface area contributed by atoms with Gasteiger partial charge in [0.25, 0.3) is 0 Å².